The smallest absolute Gasteiger partial charge is 0.240 e. The van der Waals surface area contributed by atoms with Crippen LogP contribution >= 0.6 is 0 Å². The highest BCUT2D eigenvalue weighted by Crippen LogP contribution is 2.30. The minimum Gasteiger partial charge on any atom is -0.493 e. The van der Waals surface area contributed by atoms with Gasteiger partial charge in [0, 0.05) is 6.04 Å². The maximum absolute atomic E-state index is 5.78. The summed E-state index contributed by atoms with van der Waals surface area (Å²) in [6.07, 6.45) is 1.97. The molecule has 1 aliphatic rings. The summed E-state index contributed by atoms with van der Waals surface area (Å²) in [5.41, 5.74) is 1.21. The molecule has 1 aromatic carbocycles. The molecule has 2 aromatic rings. The van der Waals surface area contributed by atoms with Crippen LogP contribution in [0.4, 0.5) is 0 Å². The van der Waals surface area contributed by atoms with Crippen LogP contribution in [0.1, 0.15) is 43.5 Å². The van der Waals surface area contributed by atoms with Crippen molar-refractivity contribution in [3.05, 3.63) is 41.5 Å². The average Bonchev–Trinajstić information content (AvgIpc) is 3.01. The Labute approximate surface area is 124 Å². The lowest BCUT2D eigenvalue weighted by molar-refractivity contribution is 0.253. The number of benzene rings is 1. The molecular formula is C16H21N3O2. The molecule has 0 amide bonds. The molecular weight excluding hydrogens is 266 g/mol. The third-order valence-corrected chi connectivity index (χ3v) is 3.94. The summed E-state index contributed by atoms with van der Waals surface area (Å²) in [5.74, 6) is 2.52. The Morgan fingerprint density at radius 3 is 3.10 bits per heavy atom. The number of hydrogen-bond acceptors (Lipinski definition) is 5. The van der Waals surface area contributed by atoms with Crippen molar-refractivity contribution in [3.8, 4) is 5.75 Å². The first-order valence-electron chi connectivity index (χ1n) is 7.52. The van der Waals surface area contributed by atoms with E-state index in [0.717, 1.165) is 24.4 Å². The van der Waals surface area contributed by atoms with Gasteiger partial charge in [-0.2, -0.15) is 4.98 Å². The minimum atomic E-state index is 0.168. The van der Waals surface area contributed by atoms with E-state index in [-0.39, 0.29) is 5.92 Å². The second kappa shape index (κ2) is 6.26. The third kappa shape index (κ3) is 3.24. The van der Waals surface area contributed by atoms with Crippen molar-refractivity contribution in [1.29, 1.82) is 0 Å². The van der Waals surface area contributed by atoms with E-state index in [4.69, 9.17) is 9.26 Å². The number of ether oxygens (including phenoxy) is 1. The Morgan fingerprint density at radius 2 is 2.24 bits per heavy atom. The fraction of sp³-hybridized carbons (Fsp3) is 0.500. The Hall–Kier alpha value is -1.88. The van der Waals surface area contributed by atoms with Crippen molar-refractivity contribution in [2.75, 3.05) is 6.61 Å². The molecule has 3 rings (SSSR count). The Morgan fingerprint density at radius 1 is 1.38 bits per heavy atom. The van der Waals surface area contributed by atoms with E-state index in [1.165, 1.54) is 5.56 Å². The topological polar surface area (TPSA) is 60.2 Å². The molecule has 1 aromatic heterocycles. The maximum atomic E-state index is 5.78. The molecule has 5 heteroatoms. The normalized spacial score (nSPS) is 18.9. The summed E-state index contributed by atoms with van der Waals surface area (Å²) in [5, 5.41) is 7.46. The molecule has 0 fully saturated rings. The predicted octanol–water partition coefficient (Wildman–Crippen LogP) is 2.68. The highest BCUT2D eigenvalue weighted by Gasteiger charge is 2.25. The molecule has 2 atom stereocenters. The van der Waals surface area contributed by atoms with E-state index in [2.05, 4.69) is 35.4 Å². The quantitative estimate of drug-likeness (QED) is 0.916. The van der Waals surface area contributed by atoms with Crippen LogP contribution in [0.25, 0.3) is 0 Å². The van der Waals surface area contributed by atoms with Crippen LogP contribution in [-0.2, 0) is 13.0 Å². The summed E-state index contributed by atoms with van der Waals surface area (Å²) in [4.78, 5) is 4.49. The van der Waals surface area contributed by atoms with Crippen molar-refractivity contribution in [3.63, 3.8) is 0 Å². The molecule has 0 saturated carbocycles. The molecule has 0 radical (unpaired) electrons. The molecule has 2 unspecified atom stereocenters. The zero-order valence-corrected chi connectivity index (χ0v) is 12.5. The standard InChI is InChI=1S/C16H21N3O2/c1-3-11(2)17-9-15-18-16(19-21-15)13-8-12-6-4-5-7-14(12)20-10-13/h4-7,11,13,17H,3,8-10H2,1-2H3. The van der Waals surface area contributed by atoms with Gasteiger partial charge in [0.2, 0.25) is 5.89 Å². The molecule has 1 N–H and O–H groups in total. The van der Waals surface area contributed by atoms with Gasteiger partial charge in [0.15, 0.2) is 5.82 Å². The first-order valence-corrected chi connectivity index (χ1v) is 7.52. The van der Waals surface area contributed by atoms with Gasteiger partial charge in [0.05, 0.1) is 19.1 Å². The summed E-state index contributed by atoms with van der Waals surface area (Å²) >= 11 is 0. The average molecular weight is 287 g/mol. The van der Waals surface area contributed by atoms with Crippen LogP contribution in [0.3, 0.4) is 0 Å². The van der Waals surface area contributed by atoms with Crippen molar-refractivity contribution in [1.82, 2.24) is 15.5 Å². The van der Waals surface area contributed by atoms with E-state index in [0.29, 0.717) is 25.1 Å². The molecule has 0 spiro atoms. The van der Waals surface area contributed by atoms with Gasteiger partial charge >= 0.3 is 0 Å². The van der Waals surface area contributed by atoms with Gasteiger partial charge in [-0.25, -0.2) is 0 Å². The summed E-state index contributed by atoms with van der Waals surface area (Å²) in [6, 6.07) is 8.57. The second-order valence-electron chi connectivity index (χ2n) is 5.56. The molecule has 1 aliphatic heterocycles. The Bertz CT molecular complexity index is 597. The maximum Gasteiger partial charge on any atom is 0.240 e. The highest BCUT2D eigenvalue weighted by atomic mass is 16.5. The Balaban J connectivity index is 1.65. The van der Waals surface area contributed by atoms with Gasteiger partial charge in [-0.15, -0.1) is 0 Å². The van der Waals surface area contributed by atoms with Gasteiger partial charge in [-0.05, 0) is 31.4 Å². The van der Waals surface area contributed by atoms with Crippen molar-refractivity contribution in [2.45, 2.75) is 45.2 Å². The predicted molar refractivity (Wildman–Crippen MR) is 79.3 cm³/mol. The fourth-order valence-corrected chi connectivity index (χ4v) is 2.41. The monoisotopic (exact) mass is 287 g/mol. The van der Waals surface area contributed by atoms with Crippen LogP contribution in [0, 0.1) is 0 Å². The Kier molecular flexibility index (Phi) is 4.20. The van der Waals surface area contributed by atoms with Crippen molar-refractivity contribution >= 4 is 0 Å². The first-order chi connectivity index (χ1) is 10.3. The fourth-order valence-electron chi connectivity index (χ4n) is 2.41. The number of para-hydroxylation sites is 1. The van der Waals surface area contributed by atoms with E-state index in [1.807, 2.05) is 18.2 Å². The van der Waals surface area contributed by atoms with E-state index in [9.17, 15) is 0 Å². The molecule has 0 bridgehead atoms. The van der Waals surface area contributed by atoms with Crippen molar-refractivity contribution in [2.24, 2.45) is 0 Å². The van der Waals surface area contributed by atoms with Crippen LogP contribution in [0.2, 0.25) is 0 Å². The first kappa shape index (κ1) is 14.1. The number of fused-ring (bicyclic) bond motifs is 1. The molecule has 5 nitrogen and oxygen atoms in total. The van der Waals surface area contributed by atoms with Gasteiger partial charge < -0.3 is 14.6 Å². The van der Waals surface area contributed by atoms with Gasteiger partial charge in [-0.1, -0.05) is 30.3 Å². The lowest BCUT2D eigenvalue weighted by Gasteiger charge is -2.22. The summed E-state index contributed by atoms with van der Waals surface area (Å²) in [7, 11) is 0. The zero-order valence-electron chi connectivity index (χ0n) is 12.5. The molecule has 112 valence electrons. The van der Waals surface area contributed by atoms with Crippen LogP contribution in [0.5, 0.6) is 5.75 Å². The third-order valence-electron chi connectivity index (χ3n) is 3.94. The van der Waals surface area contributed by atoms with E-state index < -0.39 is 0 Å². The second-order valence-corrected chi connectivity index (χ2v) is 5.56. The lowest BCUT2D eigenvalue weighted by atomic mass is 9.96. The van der Waals surface area contributed by atoms with Crippen LogP contribution in [0.15, 0.2) is 28.8 Å². The molecule has 2 heterocycles. The molecule has 0 saturated heterocycles. The SMILES string of the molecule is CCC(C)NCc1nc(C2COc3ccccc3C2)no1. The largest absolute Gasteiger partial charge is 0.493 e. The number of nitrogens with zero attached hydrogens (tertiary/aromatic N) is 2. The van der Waals surface area contributed by atoms with E-state index in [1.54, 1.807) is 0 Å². The summed E-state index contributed by atoms with van der Waals surface area (Å²) in [6.45, 7) is 5.51. The van der Waals surface area contributed by atoms with Crippen LogP contribution < -0.4 is 10.1 Å². The van der Waals surface area contributed by atoms with Gasteiger partial charge in [0.1, 0.15) is 5.75 Å². The number of aromatic nitrogens is 2. The summed E-state index contributed by atoms with van der Waals surface area (Å²) < 4.78 is 11.1. The highest BCUT2D eigenvalue weighted by molar-refractivity contribution is 5.36. The lowest BCUT2D eigenvalue weighted by Crippen LogP contribution is -2.24. The minimum absolute atomic E-state index is 0.168. The molecule has 21 heavy (non-hydrogen) atoms. The van der Waals surface area contributed by atoms with Crippen molar-refractivity contribution < 1.29 is 9.26 Å². The molecule has 0 aliphatic carbocycles. The number of hydrogen-bond donors (Lipinski definition) is 1. The van der Waals surface area contributed by atoms with Crippen LogP contribution in [-0.4, -0.2) is 22.8 Å². The van der Waals surface area contributed by atoms with Gasteiger partial charge in [0.25, 0.3) is 0 Å². The number of rotatable bonds is 5. The van der Waals surface area contributed by atoms with E-state index >= 15 is 0 Å². The number of nitrogens with one attached hydrogen (secondary N) is 1. The van der Waals surface area contributed by atoms with Gasteiger partial charge in [-0.3, -0.25) is 0 Å². The zero-order chi connectivity index (χ0) is 14.7.